The maximum Gasteiger partial charge on any atom is 0.266 e. The summed E-state index contributed by atoms with van der Waals surface area (Å²) in [5.41, 5.74) is 3.98. The first kappa shape index (κ1) is 16.6. The first-order valence-electron chi connectivity index (χ1n) is 8.14. The molecule has 0 aliphatic rings. The first-order valence-corrected chi connectivity index (χ1v) is 8.96. The number of fused-ring (bicyclic) bond motifs is 1. The minimum Gasteiger partial charge on any atom is -0.321 e. The van der Waals surface area contributed by atoms with Gasteiger partial charge in [-0.05, 0) is 50.5 Å². The molecule has 1 N–H and O–H groups in total. The number of amides is 1. The van der Waals surface area contributed by atoms with Gasteiger partial charge in [0.05, 0.1) is 4.88 Å². The molecule has 0 saturated heterocycles. The number of anilines is 1. The Kier molecular flexibility index (Phi) is 4.62. The summed E-state index contributed by atoms with van der Waals surface area (Å²) < 4.78 is 0. The minimum atomic E-state index is -0.0872. The highest BCUT2D eigenvalue weighted by Gasteiger charge is 2.18. The largest absolute Gasteiger partial charge is 0.321 e. The number of nitrogens with zero attached hydrogens (tertiary/aromatic N) is 2. The lowest BCUT2D eigenvalue weighted by Gasteiger charge is -2.06. The maximum absolute atomic E-state index is 12.7. The van der Waals surface area contributed by atoms with Gasteiger partial charge < -0.3 is 5.32 Å². The Morgan fingerprint density at radius 1 is 1.12 bits per heavy atom. The van der Waals surface area contributed by atoms with Crippen LogP contribution in [0.3, 0.4) is 0 Å². The summed E-state index contributed by atoms with van der Waals surface area (Å²) >= 11 is 1.43. The topological polar surface area (TPSA) is 54.9 Å². The van der Waals surface area contributed by atoms with Crippen molar-refractivity contribution in [3.63, 3.8) is 0 Å². The Bertz CT molecular complexity index is 897. The number of rotatable bonds is 4. The molecule has 24 heavy (non-hydrogen) atoms. The summed E-state index contributed by atoms with van der Waals surface area (Å²) in [7, 11) is 0. The van der Waals surface area contributed by atoms with Crippen LogP contribution in [-0.2, 0) is 6.42 Å². The molecule has 0 atom stereocenters. The molecule has 2 aromatic heterocycles. The fourth-order valence-corrected chi connectivity index (χ4v) is 4.09. The molecule has 5 heteroatoms. The van der Waals surface area contributed by atoms with E-state index in [4.69, 9.17) is 0 Å². The van der Waals surface area contributed by atoms with Gasteiger partial charge in [0.15, 0.2) is 0 Å². The van der Waals surface area contributed by atoms with Gasteiger partial charge in [-0.25, -0.2) is 9.97 Å². The van der Waals surface area contributed by atoms with Crippen molar-refractivity contribution in [2.24, 2.45) is 0 Å². The Morgan fingerprint density at radius 2 is 1.83 bits per heavy atom. The summed E-state index contributed by atoms with van der Waals surface area (Å²) in [6.07, 6.45) is 2.17. The molecule has 0 bridgehead atoms. The molecular weight excluding hydrogens is 318 g/mol. The zero-order valence-electron chi connectivity index (χ0n) is 14.4. The lowest BCUT2D eigenvalue weighted by Crippen LogP contribution is -2.11. The quantitative estimate of drug-likeness (QED) is 0.741. The number of aromatic nitrogens is 2. The van der Waals surface area contributed by atoms with Crippen LogP contribution < -0.4 is 5.32 Å². The summed E-state index contributed by atoms with van der Waals surface area (Å²) in [4.78, 5) is 23.1. The van der Waals surface area contributed by atoms with Crippen molar-refractivity contribution in [3.8, 4) is 0 Å². The monoisotopic (exact) mass is 339 g/mol. The second-order valence-electron chi connectivity index (χ2n) is 5.99. The van der Waals surface area contributed by atoms with Crippen LogP contribution in [0.2, 0.25) is 0 Å². The zero-order valence-corrected chi connectivity index (χ0v) is 15.3. The SMILES string of the molecule is CCCc1ccc(NC(=O)c2sc3nc(C)nc(C)c3c2C)cc1. The van der Waals surface area contributed by atoms with Gasteiger partial charge in [-0.15, -0.1) is 11.3 Å². The van der Waals surface area contributed by atoms with E-state index in [2.05, 4.69) is 34.3 Å². The standard InChI is InChI=1S/C19H21N3OS/c1-5-6-14-7-9-15(10-8-14)22-18(23)17-11(2)16-12(3)20-13(4)21-19(16)24-17/h7-10H,5-6H2,1-4H3,(H,22,23). The summed E-state index contributed by atoms with van der Waals surface area (Å²) in [5.74, 6) is 0.649. The lowest BCUT2D eigenvalue weighted by atomic mass is 10.1. The van der Waals surface area contributed by atoms with Gasteiger partial charge in [0.1, 0.15) is 10.7 Å². The number of nitrogens with one attached hydrogen (secondary N) is 1. The van der Waals surface area contributed by atoms with Gasteiger partial charge in [0, 0.05) is 16.8 Å². The summed E-state index contributed by atoms with van der Waals surface area (Å²) in [6, 6.07) is 8.05. The average Bonchev–Trinajstić information content (AvgIpc) is 2.86. The van der Waals surface area contributed by atoms with Crippen LogP contribution >= 0.6 is 11.3 Å². The number of thiophene rings is 1. The van der Waals surface area contributed by atoms with Crippen LogP contribution in [0.4, 0.5) is 5.69 Å². The molecule has 0 aliphatic heterocycles. The van der Waals surface area contributed by atoms with Crippen LogP contribution in [-0.4, -0.2) is 15.9 Å². The molecule has 3 aromatic rings. The van der Waals surface area contributed by atoms with Gasteiger partial charge in [0.2, 0.25) is 0 Å². The summed E-state index contributed by atoms with van der Waals surface area (Å²) in [6.45, 7) is 7.96. The van der Waals surface area contributed by atoms with Crippen LogP contribution in [0.25, 0.3) is 10.2 Å². The first-order chi connectivity index (χ1) is 11.5. The van der Waals surface area contributed by atoms with Crippen LogP contribution in [0, 0.1) is 20.8 Å². The predicted molar refractivity (Wildman–Crippen MR) is 100 cm³/mol. The molecule has 0 unspecified atom stereocenters. The highest BCUT2D eigenvalue weighted by atomic mass is 32.1. The molecule has 0 spiro atoms. The third-order valence-corrected chi connectivity index (χ3v) is 5.22. The van der Waals surface area contributed by atoms with Gasteiger partial charge in [-0.1, -0.05) is 25.5 Å². The highest BCUT2D eigenvalue weighted by molar-refractivity contribution is 7.20. The molecule has 2 heterocycles. The van der Waals surface area contributed by atoms with E-state index in [-0.39, 0.29) is 5.91 Å². The average molecular weight is 339 g/mol. The summed E-state index contributed by atoms with van der Waals surface area (Å²) in [5, 5.41) is 3.98. The van der Waals surface area contributed by atoms with E-state index in [1.165, 1.54) is 16.9 Å². The van der Waals surface area contributed by atoms with Crippen LogP contribution in [0.5, 0.6) is 0 Å². The van der Waals surface area contributed by atoms with Crippen LogP contribution in [0.1, 0.15) is 45.7 Å². The Labute approximate surface area is 146 Å². The number of hydrogen-bond acceptors (Lipinski definition) is 4. The number of benzene rings is 1. The van der Waals surface area contributed by atoms with Crippen LogP contribution in [0.15, 0.2) is 24.3 Å². The van der Waals surface area contributed by atoms with Crippen molar-refractivity contribution in [2.45, 2.75) is 40.5 Å². The van der Waals surface area contributed by atoms with Crippen molar-refractivity contribution >= 4 is 33.1 Å². The third kappa shape index (κ3) is 3.17. The normalized spacial score (nSPS) is 11.0. The number of carbonyl (C=O) groups excluding carboxylic acids is 1. The van der Waals surface area contributed by atoms with E-state index in [9.17, 15) is 4.79 Å². The molecule has 0 radical (unpaired) electrons. The Balaban J connectivity index is 1.88. The van der Waals surface area contributed by atoms with E-state index < -0.39 is 0 Å². The molecule has 0 aliphatic carbocycles. The molecule has 3 rings (SSSR count). The molecule has 124 valence electrons. The van der Waals surface area contributed by atoms with Gasteiger partial charge in [0.25, 0.3) is 5.91 Å². The van der Waals surface area contributed by atoms with Crippen molar-refractivity contribution in [1.82, 2.24) is 9.97 Å². The fourth-order valence-electron chi connectivity index (χ4n) is 2.92. The molecule has 1 aromatic carbocycles. The molecule has 0 fully saturated rings. The molecule has 1 amide bonds. The fraction of sp³-hybridized carbons (Fsp3) is 0.316. The smallest absolute Gasteiger partial charge is 0.266 e. The van der Waals surface area contributed by atoms with E-state index in [1.807, 2.05) is 32.9 Å². The molecule has 4 nitrogen and oxygen atoms in total. The predicted octanol–water partition coefficient (Wildman–Crippen LogP) is 4.82. The maximum atomic E-state index is 12.7. The van der Waals surface area contributed by atoms with Crippen molar-refractivity contribution in [2.75, 3.05) is 5.32 Å². The van der Waals surface area contributed by atoms with Gasteiger partial charge in [-0.2, -0.15) is 0 Å². The molecular formula is C19H21N3OS. The number of carbonyl (C=O) groups is 1. The molecule has 0 saturated carbocycles. The van der Waals surface area contributed by atoms with E-state index in [0.29, 0.717) is 4.88 Å². The Hall–Kier alpha value is -2.27. The Morgan fingerprint density at radius 3 is 2.50 bits per heavy atom. The lowest BCUT2D eigenvalue weighted by molar-refractivity contribution is 0.103. The number of hydrogen-bond donors (Lipinski definition) is 1. The highest BCUT2D eigenvalue weighted by Crippen LogP contribution is 2.31. The minimum absolute atomic E-state index is 0.0872. The van der Waals surface area contributed by atoms with Crippen molar-refractivity contribution < 1.29 is 4.79 Å². The van der Waals surface area contributed by atoms with Gasteiger partial charge >= 0.3 is 0 Å². The zero-order chi connectivity index (χ0) is 17.3. The third-order valence-electron chi connectivity index (χ3n) is 4.04. The van der Waals surface area contributed by atoms with E-state index in [0.717, 1.165) is 45.8 Å². The van der Waals surface area contributed by atoms with Gasteiger partial charge in [-0.3, -0.25) is 4.79 Å². The second kappa shape index (κ2) is 6.69. The van der Waals surface area contributed by atoms with E-state index in [1.54, 1.807) is 0 Å². The number of aryl methyl sites for hydroxylation is 4. The van der Waals surface area contributed by atoms with Crippen molar-refractivity contribution in [1.29, 1.82) is 0 Å². The van der Waals surface area contributed by atoms with E-state index >= 15 is 0 Å². The second-order valence-corrected chi connectivity index (χ2v) is 6.99. The van der Waals surface area contributed by atoms with Crippen molar-refractivity contribution in [3.05, 3.63) is 51.8 Å².